The third-order valence-electron chi connectivity index (χ3n) is 4.66. The average molecular weight is 299 g/mol. The van der Waals surface area contributed by atoms with Crippen molar-refractivity contribution in [3.8, 4) is 0 Å². The lowest BCUT2D eigenvalue weighted by atomic mass is 9.80. The number of hydrogen-bond acceptors (Lipinski definition) is 3. The van der Waals surface area contributed by atoms with Crippen molar-refractivity contribution in [2.45, 2.75) is 26.3 Å². The van der Waals surface area contributed by atoms with Gasteiger partial charge >= 0.3 is 0 Å². The molecule has 0 unspecified atom stereocenters. The van der Waals surface area contributed by atoms with Crippen LogP contribution in [0.25, 0.3) is 10.9 Å². The molecule has 4 heteroatoms. The van der Waals surface area contributed by atoms with E-state index < -0.39 is 0 Å². The van der Waals surface area contributed by atoms with Crippen molar-refractivity contribution in [1.29, 1.82) is 0 Å². The van der Waals surface area contributed by atoms with Gasteiger partial charge in [0.1, 0.15) is 0 Å². The van der Waals surface area contributed by atoms with E-state index in [1.165, 1.54) is 10.9 Å². The molecule has 0 saturated carbocycles. The highest BCUT2D eigenvalue weighted by Gasteiger charge is 2.32. The van der Waals surface area contributed by atoms with Gasteiger partial charge in [-0.05, 0) is 37.6 Å². The Morgan fingerprint density at radius 2 is 2.00 bits per heavy atom. The van der Waals surface area contributed by atoms with Gasteiger partial charge in [-0.1, -0.05) is 43.4 Å². The lowest BCUT2D eigenvalue weighted by Gasteiger charge is -2.38. The molecule has 110 valence electrons. The van der Waals surface area contributed by atoms with E-state index in [0.717, 1.165) is 38.0 Å². The van der Waals surface area contributed by atoms with Gasteiger partial charge < -0.3 is 5.73 Å². The number of rotatable bonds is 3. The van der Waals surface area contributed by atoms with Gasteiger partial charge in [-0.3, -0.25) is 9.88 Å². The lowest BCUT2D eigenvalue weighted by molar-refractivity contribution is 0.158. The van der Waals surface area contributed by atoms with E-state index in [1.807, 2.05) is 12.3 Å². The minimum absolute atomic E-state index is 0.0306. The molecule has 1 aliphatic heterocycles. The number of fused-ring (bicyclic) bond motifs is 1. The van der Waals surface area contributed by atoms with E-state index in [2.05, 4.69) is 41.1 Å². The summed E-state index contributed by atoms with van der Waals surface area (Å²) in [5.74, 6) is 0. The molecule has 0 atom stereocenters. The lowest BCUT2D eigenvalue weighted by Crippen LogP contribution is -2.44. The van der Waals surface area contributed by atoms with Crippen molar-refractivity contribution in [2.75, 3.05) is 13.1 Å². The number of aromatic nitrogens is 1. The third-order valence-corrected chi connectivity index (χ3v) is 5.16. The van der Waals surface area contributed by atoms with Crippen LogP contribution in [0.5, 0.6) is 0 Å². The fourth-order valence-electron chi connectivity index (χ4n) is 2.99. The number of hydrogen-bond donors (Lipinski definition) is 1. The Labute approximate surface area is 131 Å². The first-order valence-electron chi connectivity index (χ1n) is 7.43. The normalized spacial score (nSPS) is 18.7. The molecule has 1 aromatic heterocycles. The summed E-state index contributed by atoms with van der Waals surface area (Å²) in [6.07, 6.45) is 3.95. The van der Waals surface area contributed by atoms with E-state index in [4.69, 9.17) is 18.0 Å². The molecule has 1 aromatic carbocycles. The van der Waals surface area contributed by atoms with Gasteiger partial charge in [0.25, 0.3) is 0 Å². The molecule has 1 aliphatic rings. The van der Waals surface area contributed by atoms with E-state index in [9.17, 15) is 0 Å². The Kier molecular flexibility index (Phi) is 3.91. The quantitative estimate of drug-likeness (QED) is 0.884. The molecule has 0 radical (unpaired) electrons. The molecular formula is C17H21N3S. The molecule has 21 heavy (non-hydrogen) atoms. The van der Waals surface area contributed by atoms with Crippen molar-refractivity contribution in [1.82, 2.24) is 9.88 Å². The number of pyridine rings is 1. The number of nitrogens with two attached hydrogens (primary N) is 1. The molecule has 2 N–H and O–H groups in total. The zero-order valence-electron chi connectivity index (χ0n) is 12.4. The summed E-state index contributed by atoms with van der Waals surface area (Å²) >= 11 is 5.21. The second-order valence-corrected chi connectivity index (χ2v) is 6.63. The maximum Gasteiger partial charge on any atom is 0.0788 e. The highest BCUT2D eigenvalue weighted by Crippen LogP contribution is 2.32. The predicted octanol–water partition coefficient (Wildman–Crippen LogP) is 3.12. The number of nitrogens with zero attached hydrogens (tertiary/aromatic N) is 2. The van der Waals surface area contributed by atoms with Crippen LogP contribution in [0, 0.1) is 5.41 Å². The summed E-state index contributed by atoms with van der Waals surface area (Å²) in [5.41, 5.74) is 8.32. The molecule has 0 bridgehead atoms. The number of piperidine rings is 1. The van der Waals surface area contributed by atoms with Crippen LogP contribution >= 0.6 is 12.2 Å². The van der Waals surface area contributed by atoms with Crippen LogP contribution in [-0.2, 0) is 6.54 Å². The zero-order valence-corrected chi connectivity index (χ0v) is 13.2. The molecule has 3 rings (SSSR count). The van der Waals surface area contributed by atoms with Crippen molar-refractivity contribution >= 4 is 28.1 Å². The van der Waals surface area contributed by atoms with Gasteiger partial charge in [0.2, 0.25) is 0 Å². The van der Waals surface area contributed by atoms with Crippen molar-refractivity contribution in [3.63, 3.8) is 0 Å². The van der Waals surface area contributed by atoms with Gasteiger partial charge in [-0.15, -0.1) is 0 Å². The van der Waals surface area contributed by atoms with E-state index in [-0.39, 0.29) is 5.41 Å². The molecule has 0 spiro atoms. The zero-order chi connectivity index (χ0) is 14.9. The van der Waals surface area contributed by atoms with Gasteiger partial charge in [0.15, 0.2) is 0 Å². The Morgan fingerprint density at radius 3 is 2.71 bits per heavy atom. The second-order valence-electron chi connectivity index (χ2n) is 6.19. The first-order valence-corrected chi connectivity index (χ1v) is 7.84. The second kappa shape index (κ2) is 5.70. The minimum Gasteiger partial charge on any atom is -0.393 e. The number of benzene rings is 1. The highest BCUT2D eigenvalue weighted by atomic mass is 32.1. The van der Waals surface area contributed by atoms with Crippen LogP contribution in [-0.4, -0.2) is 28.0 Å². The van der Waals surface area contributed by atoms with E-state index in [0.29, 0.717) is 4.99 Å². The van der Waals surface area contributed by atoms with Crippen LogP contribution in [0.3, 0.4) is 0 Å². The van der Waals surface area contributed by atoms with Crippen LogP contribution in [0.4, 0.5) is 0 Å². The van der Waals surface area contributed by atoms with E-state index in [1.54, 1.807) is 0 Å². The number of thiocarbonyl (C=S) groups is 1. The topological polar surface area (TPSA) is 42.1 Å². The molecule has 3 nitrogen and oxygen atoms in total. The summed E-state index contributed by atoms with van der Waals surface area (Å²) in [5, 5.41) is 1.21. The smallest absolute Gasteiger partial charge is 0.0788 e. The fourth-order valence-corrected chi connectivity index (χ4v) is 3.19. The maximum atomic E-state index is 5.88. The highest BCUT2D eigenvalue weighted by molar-refractivity contribution is 7.80. The van der Waals surface area contributed by atoms with Crippen LogP contribution in [0.2, 0.25) is 0 Å². The molecule has 2 aromatic rings. The standard InChI is InChI=1S/C17H21N3S/c1-17(16(18)21)7-10-20(11-8-17)12-14-5-2-4-13-6-3-9-19-15(13)14/h2-6,9H,7-8,10-12H2,1H3,(H2,18,21). The van der Waals surface area contributed by atoms with Gasteiger partial charge in [-0.25, -0.2) is 0 Å². The Morgan fingerprint density at radius 1 is 1.29 bits per heavy atom. The van der Waals surface area contributed by atoms with Gasteiger partial charge in [0.05, 0.1) is 10.5 Å². The van der Waals surface area contributed by atoms with Crippen molar-refractivity contribution < 1.29 is 0 Å². The predicted molar refractivity (Wildman–Crippen MR) is 91.1 cm³/mol. The summed E-state index contributed by atoms with van der Waals surface area (Å²) in [6.45, 7) is 5.21. The molecular weight excluding hydrogens is 278 g/mol. The van der Waals surface area contributed by atoms with E-state index >= 15 is 0 Å². The largest absolute Gasteiger partial charge is 0.393 e. The van der Waals surface area contributed by atoms with Crippen LogP contribution in [0.15, 0.2) is 36.5 Å². The maximum absolute atomic E-state index is 5.88. The summed E-state index contributed by atoms with van der Waals surface area (Å²) in [6, 6.07) is 10.5. The third kappa shape index (κ3) is 2.92. The van der Waals surface area contributed by atoms with Gasteiger partial charge in [0, 0.05) is 23.5 Å². The average Bonchev–Trinajstić information content (AvgIpc) is 2.50. The molecule has 2 heterocycles. The molecule has 0 aliphatic carbocycles. The minimum atomic E-state index is 0.0306. The fraction of sp³-hybridized carbons (Fsp3) is 0.412. The van der Waals surface area contributed by atoms with Gasteiger partial charge in [-0.2, -0.15) is 0 Å². The molecule has 1 saturated heterocycles. The monoisotopic (exact) mass is 299 g/mol. The van der Waals surface area contributed by atoms with Crippen molar-refractivity contribution in [2.24, 2.45) is 11.1 Å². The first-order chi connectivity index (χ1) is 10.1. The summed E-state index contributed by atoms with van der Waals surface area (Å²) in [7, 11) is 0. The first kappa shape index (κ1) is 14.4. The number of para-hydroxylation sites is 1. The summed E-state index contributed by atoms with van der Waals surface area (Å²) in [4.78, 5) is 7.67. The van der Waals surface area contributed by atoms with Crippen molar-refractivity contribution in [3.05, 3.63) is 42.1 Å². The van der Waals surface area contributed by atoms with Crippen LogP contribution < -0.4 is 5.73 Å². The summed E-state index contributed by atoms with van der Waals surface area (Å²) < 4.78 is 0. The number of likely N-dealkylation sites (tertiary alicyclic amines) is 1. The van der Waals surface area contributed by atoms with Crippen LogP contribution in [0.1, 0.15) is 25.3 Å². The molecule has 0 amide bonds. The Balaban J connectivity index is 1.74. The molecule has 1 fully saturated rings. The Bertz CT molecular complexity index is 655. The Hall–Kier alpha value is -1.52. The SMILES string of the molecule is CC1(C(N)=S)CCN(Cc2cccc3cccnc23)CC1.